The first kappa shape index (κ1) is 16.5. The van der Waals surface area contributed by atoms with E-state index < -0.39 is 11.9 Å². The quantitative estimate of drug-likeness (QED) is 0.860. The molecule has 2 fully saturated rings. The van der Waals surface area contributed by atoms with Crippen LogP contribution in [0.15, 0.2) is 35.0 Å². The molecule has 25 heavy (non-hydrogen) atoms. The molecule has 2 unspecified atom stereocenters. The van der Waals surface area contributed by atoms with Crippen LogP contribution in [0.25, 0.3) is 11.1 Å². The first-order valence-corrected chi connectivity index (χ1v) is 9.56. The maximum absolute atomic E-state index is 14.3. The van der Waals surface area contributed by atoms with Crippen LogP contribution < -0.4 is 5.32 Å². The number of benzene rings is 1. The molecule has 4 rings (SSSR count). The third kappa shape index (κ3) is 3.28. The van der Waals surface area contributed by atoms with E-state index in [4.69, 9.17) is 4.74 Å². The topological polar surface area (TPSA) is 41.6 Å². The van der Waals surface area contributed by atoms with Crippen molar-refractivity contribution >= 4 is 23.1 Å². The Morgan fingerprint density at radius 2 is 2.04 bits per heavy atom. The number of ether oxygens (including phenoxy) is 1. The van der Waals surface area contributed by atoms with E-state index in [0.717, 1.165) is 31.2 Å². The smallest absolute Gasteiger partial charge is 0.412 e. The zero-order valence-electron chi connectivity index (χ0n) is 14.1. The fourth-order valence-electron chi connectivity index (χ4n) is 4.05. The normalized spacial score (nSPS) is 25.8. The summed E-state index contributed by atoms with van der Waals surface area (Å²) >= 11 is 1.53. The number of nitrogens with one attached hydrogen (secondary N) is 1. The largest absolute Gasteiger partial charge is 0.446 e. The molecule has 2 bridgehead atoms. The number of fused-ring (bicyclic) bond motifs is 2. The van der Waals surface area contributed by atoms with Gasteiger partial charge in [0.2, 0.25) is 0 Å². The highest BCUT2D eigenvalue weighted by molar-refractivity contribution is 7.08. The second-order valence-electron chi connectivity index (χ2n) is 6.85. The van der Waals surface area contributed by atoms with Crippen molar-refractivity contribution in [1.29, 1.82) is 0 Å². The lowest BCUT2D eigenvalue weighted by atomic mass is 10.0. The van der Waals surface area contributed by atoms with Gasteiger partial charge in [-0.15, -0.1) is 0 Å². The number of rotatable bonds is 3. The number of carbonyl (C=O) groups excluding carboxylic acids is 1. The van der Waals surface area contributed by atoms with Crippen LogP contribution in [-0.2, 0) is 4.74 Å². The molecule has 1 aromatic heterocycles. The minimum atomic E-state index is -0.574. The minimum absolute atomic E-state index is 0.0925. The molecule has 132 valence electrons. The van der Waals surface area contributed by atoms with Crippen LogP contribution in [0.4, 0.5) is 14.9 Å². The number of para-hydroxylation sites is 1. The van der Waals surface area contributed by atoms with Gasteiger partial charge in [-0.1, -0.05) is 12.1 Å². The van der Waals surface area contributed by atoms with Gasteiger partial charge in [-0.2, -0.15) is 11.3 Å². The predicted octanol–water partition coefficient (Wildman–Crippen LogP) is 4.73. The molecule has 1 amide bonds. The summed E-state index contributed by atoms with van der Waals surface area (Å²) in [4.78, 5) is 14.8. The summed E-state index contributed by atoms with van der Waals surface area (Å²) in [6.45, 7) is 0. The number of hydrogen-bond donors (Lipinski definition) is 1. The van der Waals surface area contributed by atoms with Gasteiger partial charge < -0.3 is 9.64 Å². The molecule has 2 saturated heterocycles. The van der Waals surface area contributed by atoms with Gasteiger partial charge in [-0.25, -0.2) is 9.18 Å². The van der Waals surface area contributed by atoms with Crippen LogP contribution in [0.3, 0.4) is 0 Å². The van der Waals surface area contributed by atoms with Gasteiger partial charge in [0.25, 0.3) is 0 Å². The Bertz CT molecular complexity index is 751. The number of carbonyl (C=O) groups is 1. The molecule has 1 N–H and O–H groups in total. The second kappa shape index (κ2) is 6.77. The Balaban J connectivity index is 1.47. The zero-order chi connectivity index (χ0) is 17.4. The SMILES string of the molecule is CN1C2CCC1CC(OC(=O)Nc1c(F)cccc1-c1ccsc1)C2. The summed E-state index contributed by atoms with van der Waals surface area (Å²) in [5.41, 5.74) is 1.74. The molecular weight excluding hydrogens is 339 g/mol. The van der Waals surface area contributed by atoms with E-state index in [-0.39, 0.29) is 11.8 Å². The van der Waals surface area contributed by atoms with E-state index in [1.54, 1.807) is 12.1 Å². The summed E-state index contributed by atoms with van der Waals surface area (Å²) in [5.74, 6) is -0.455. The molecule has 6 heteroatoms. The van der Waals surface area contributed by atoms with Crippen LogP contribution >= 0.6 is 11.3 Å². The highest BCUT2D eigenvalue weighted by Crippen LogP contribution is 2.36. The van der Waals surface area contributed by atoms with E-state index >= 15 is 0 Å². The van der Waals surface area contributed by atoms with Crippen LogP contribution in [0.5, 0.6) is 0 Å². The first-order valence-electron chi connectivity index (χ1n) is 8.62. The Hall–Kier alpha value is -1.92. The van der Waals surface area contributed by atoms with Crippen LogP contribution in [0.1, 0.15) is 25.7 Å². The van der Waals surface area contributed by atoms with Gasteiger partial charge >= 0.3 is 6.09 Å². The first-order chi connectivity index (χ1) is 12.1. The summed E-state index contributed by atoms with van der Waals surface area (Å²) in [6, 6.07) is 7.69. The standard InChI is InChI=1S/C19H21FN2O2S/c1-22-13-5-6-14(22)10-15(9-13)24-19(23)21-18-16(3-2-4-17(18)20)12-7-8-25-11-12/h2-4,7-8,11,13-15H,5-6,9-10H2,1H3,(H,21,23). The van der Waals surface area contributed by atoms with E-state index in [1.165, 1.54) is 17.4 Å². The monoisotopic (exact) mass is 360 g/mol. The Morgan fingerprint density at radius 3 is 2.72 bits per heavy atom. The van der Waals surface area contributed by atoms with Crippen molar-refractivity contribution in [3.05, 3.63) is 40.8 Å². The average Bonchev–Trinajstić information content (AvgIpc) is 3.17. The maximum atomic E-state index is 14.3. The molecule has 4 nitrogen and oxygen atoms in total. The Labute approximate surface area is 150 Å². The molecule has 3 heterocycles. The van der Waals surface area contributed by atoms with Crippen LogP contribution in [0, 0.1) is 5.82 Å². The lowest BCUT2D eigenvalue weighted by molar-refractivity contribution is 0.0348. The van der Waals surface area contributed by atoms with Gasteiger partial charge in [0, 0.05) is 30.5 Å². The second-order valence-corrected chi connectivity index (χ2v) is 7.63. The Morgan fingerprint density at radius 1 is 1.28 bits per heavy atom. The summed E-state index contributed by atoms with van der Waals surface area (Å²) in [5, 5.41) is 6.49. The van der Waals surface area contributed by atoms with Gasteiger partial charge in [-0.3, -0.25) is 5.32 Å². The number of piperidine rings is 1. The van der Waals surface area contributed by atoms with E-state index in [2.05, 4.69) is 17.3 Å². The van der Waals surface area contributed by atoms with Gasteiger partial charge in [0.05, 0.1) is 5.69 Å². The minimum Gasteiger partial charge on any atom is -0.446 e. The van der Waals surface area contributed by atoms with Gasteiger partial charge in [0.15, 0.2) is 0 Å². The summed E-state index contributed by atoms with van der Waals surface area (Å²) < 4.78 is 19.9. The lowest BCUT2D eigenvalue weighted by Gasteiger charge is -2.35. The van der Waals surface area contributed by atoms with Crippen molar-refractivity contribution in [2.45, 2.75) is 43.9 Å². The number of halogens is 1. The lowest BCUT2D eigenvalue weighted by Crippen LogP contribution is -2.43. The van der Waals surface area contributed by atoms with Crippen molar-refractivity contribution < 1.29 is 13.9 Å². The number of hydrogen-bond acceptors (Lipinski definition) is 4. The molecular formula is C19H21FN2O2S. The summed E-state index contributed by atoms with van der Waals surface area (Å²) in [6.07, 6.45) is 3.38. The van der Waals surface area contributed by atoms with Gasteiger partial charge in [0.1, 0.15) is 11.9 Å². The van der Waals surface area contributed by atoms with Crippen molar-refractivity contribution in [3.8, 4) is 11.1 Å². The third-order valence-corrected chi connectivity index (χ3v) is 6.08. The van der Waals surface area contributed by atoms with Crippen molar-refractivity contribution in [1.82, 2.24) is 4.90 Å². The molecule has 2 aromatic rings. The number of anilines is 1. The fourth-order valence-corrected chi connectivity index (χ4v) is 4.71. The number of nitrogens with zero attached hydrogens (tertiary/aromatic N) is 1. The third-order valence-electron chi connectivity index (χ3n) is 5.40. The van der Waals surface area contributed by atoms with E-state index in [9.17, 15) is 9.18 Å². The average molecular weight is 360 g/mol. The van der Waals surface area contributed by atoms with E-state index in [1.807, 2.05) is 16.8 Å². The molecule has 0 aliphatic carbocycles. The van der Waals surface area contributed by atoms with E-state index in [0.29, 0.717) is 17.6 Å². The highest BCUT2D eigenvalue weighted by atomic mass is 32.1. The van der Waals surface area contributed by atoms with Crippen LogP contribution in [0.2, 0.25) is 0 Å². The number of amides is 1. The fraction of sp³-hybridized carbons (Fsp3) is 0.421. The molecule has 1 aromatic carbocycles. The molecule has 0 spiro atoms. The Kier molecular flexibility index (Phi) is 4.48. The molecule has 2 aliphatic rings. The molecule has 2 aliphatic heterocycles. The van der Waals surface area contributed by atoms with Crippen LogP contribution in [-0.4, -0.2) is 36.2 Å². The van der Waals surface area contributed by atoms with Crippen molar-refractivity contribution in [2.75, 3.05) is 12.4 Å². The zero-order valence-corrected chi connectivity index (χ0v) is 14.9. The molecule has 0 radical (unpaired) electrons. The van der Waals surface area contributed by atoms with Crippen molar-refractivity contribution in [2.24, 2.45) is 0 Å². The van der Waals surface area contributed by atoms with Crippen molar-refractivity contribution in [3.63, 3.8) is 0 Å². The predicted molar refractivity (Wildman–Crippen MR) is 97.4 cm³/mol. The molecule has 0 saturated carbocycles. The highest BCUT2D eigenvalue weighted by Gasteiger charge is 2.39. The number of thiophene rings is 1. The molecule has 2 atom stereocenters. The maximum Gasteiger partial charge on any atom is 0.412 e. The summed E-state index contributed by atoms with van der Waals surface area (Å²) in [7, 11) is 2.14. The van der Waals surface area contributed by atoms with Gasteiger partial charge in [-0.05, 0) is 48.3 Å².